The molecule has 176 valence electrons. The SMILES string of the molecule is COCCNC(=O)CCCN1C(=O)COc2ccc(C(=O)COc3ccc(Cl)cc3C)cc21. The molecule has 9 heteroatoms. The first-order valence-electron chi connectivity index (χ1n) is 10.6. The van der Waals surface area contributed by atoms with Gasteiger partial charge in [-0.25, -0.2) is 0 Å². The fraction of sp³-hybridized carbons (Fsp3) is 0.375. The largest absolute Gasteiger partial charge is 0.485 e. The Bertz CT molecular complexity index is 1030. The smallest absolute Gasteiger partial charge is 0.265 e. The normalized spacial score (nSPS) is 12.7. The lowest BCUT2D eigenvalue weighted by Gasteiger charge is -2.29. The summed E-state index contributed by atoms with van der Waals surface area (Å²) in [5.41, 5.74) is 1.75. The van der Waals surface area contributed by atoms with E-state index in [1.54, 1.807) is 48.4 Å². The van der Waals surface area contributed by atoms with Crippen molar-refractivity contribution >= 4 is 34.9 Å². The second-order valence-electron chi connectivity index (χ2n) is 7.58. The number of ether oxygens (including phenoxy) is 3. The van der Waals surface area contributed by atoms with Crippen molar-refractivity contribution in [3.63, 3.8) is 0 Å². The fourth-order valence-corrected chi connectivity index (χ4v) is 3.63. The van der Waals surface area contributed by atoms with Crippen molar-refractivity contribution in [2.45, 2.75) is 19.8 Å². The molecule has 0 aliphatic carbocycles. The van der Waals surface area contributed by atoms with Gasteiger partial charge in [-0.05, 0) is 55.3 Å². The molecule has 3 rings (SSSR count). The molecule has 0 unspecified atom stereocenters. The van der Waals surface area contributed by atoms with Gasteiger partial charge in [0.25, 0.3) is 5.91 Å². The molecular weight excluding hydrogens is 448 g/mol. The first kappa shape index (κ1) is 24.5. The molecule has 1 heterocycles. The number of nitrogens with one attached hydrogen (secondary N) is 1. The Morgan fingerprint density at radius 2 is 2.03 bits per heavy atom. The van der Waals surface area contributed by atoms with Gasteiger partial charge in [-0.3, -0.25) is 14.4 Å². The van der Waals surface area contributed by atoms with E-state index in [2.05, 4.69) is 5.32 Å². The average molecular weight is 475 g/mol. The van der Waals surface area contributed by atoms with Gasteiger partial charge in [-0.15, -0.1) is 0 Å². The van der Waals surface area contributed by atoms with Crippen LogP contribution in [0.1, 0.15) is 28.8 Å². The summed E-state index contributed by atoms with van der Waals surface area (Å²) in [5.74, 6) is 0.536. The molecule has 2 aromatic rings. The predicted molar refractivity (Wildman–Crippen MR) is 124 cm³/mol. The number of fused-ring (bicyclic) bond motifs is 1. The molecule has 1 aliphatic heterocycles. The van der Waals surface area contributed by atoms with Gasteiger partial charge in [0.15, 0.2) is 19.0 Å². The zero-order valence-electron chi connectivity index (χ0n) is 18.7. The molecule has 0 atom stereocenters. The van der Waals surface area contributed by atoms with Crippen molar-refractivity contribution in [1.29, 1.82) is 0 Å². The molecule has 0 spiro atoms. The summed E-state index contributed by atoms with van der Waals surface area (Å²) >= 11 is 5.96. The Kier molecular flexibility index (Phi) is 8.68. The van der Waals surface area contributed by atoms with E-state index >= 15 is 0 Å². The third-order valence-corrected chi connectivity index (χ3v) is 5.37. The number of ketones is 1. The molecule has 0 fully saturated rings. The third-order valence-electron chi connectivity index (χ3n) is 5.13. The van der Waals surface area contributed by atoms with Crippen LogP contribution in [-0.4, -0.2) is 57.6 Å². The zero-order chi connectivity index (χ0) is 23.8. The van der Waals surface area contributed by atoms with E-state index in [0.29, 0.717) is 53.9 Å². The van der Waals surface area contributed by atoms with E-state index in [4.69, 9.17) is 25.8 Å². The third kappa shape index (κ3) is 6.69. The summed E-state index contributed by atoms with van der Waals surface area (Å²) in [4.78, 5) is 38.7. The van der Waals surface area contributed by atoms with Crippen molar-refractivity contribution in [3.05, 3.63) is 52.5 Å². The van der Waals surface area contributed by atoms with Gasteiger partial charge in [0.1, 0.15) is 11.5 Å². The number of Topliss-reactive ketones (excluding diaryl/α,β-unsaturated/α-hetero) is 1. The number of halogens is 1. The summed E-state index contributed by atoms with van der Waals surface area (Å²) in [6.45, 7) is 2.84. The maximum Gasteiger partial charge on any atom is 0.265 e. The number of rotatable bonds is 11. The average Bonchev–Trinajstić information content (AvgIpc) is 2.79. The van der Waals surface area contributed by atoms with Crippen LogP contribution in [-0.2, 0) is 14.3 Å². The molecule has 0 saturated carbocycles. The maximum atomic E-state index is 12.7. The van der Waals surface area contributed by atoms with E-state index in [1.165, 1.54) is 0 Å². The molecule has 0 radical (unpaired) electrons. The number of amides is 2. The van der Waals surface area contributed by atoms with Crippen molar-refractivity contribution in [2.75, 3.05) is 44.9 Å². The maximum absolute atomic E-state index is 12.7. The molecule has 1 N–H and O–H groups in total. The van der Waals surface area contributed by atoms with Gasteiger partial charge in [0.2, 0.25) is 5.91 Å². The molecule has 0 saturated heterocycles. The van der Waals surface area contributed by atoms with E-state index in [-0.39, 0.29) is 37.2 Å². The molecule has 8 nitrogen and oxygen atoms in total. The Morgan fingerprint density at radius 3 is 2.79 bits per heavy atom. The highest BCUT2D eigenvalue weighted by Crippen LogP contribution is 2.33. The first-order valence-corrected chi connectivity index (χ1v) is 11.0. The zero-order valence-corrected chi connectivity index (χ0v) is 19.4. The number of carbonyl (C=O) groups excluding carboxylic acids is 3. The molecule has 2 amide bonds. The molecule has 0 bridgehead atoms. The molecule has 2 aromatic carbocycles. The Hall–Kier alpha value is -3.10. The second-order valence-corrected chi connectivity index (χ2v) is 8.02. The predicted octanol–water partition coefficient (Wildman–Crippen LogP) is 3.18. The van der Waals surface area contributed by atoms with Gasteiger partial charge in [-0.2, -0.15) is 0 Å². The minimum Gasteiger partial charge on any atom is -0.485 e. The first-order chi connectivity index (χ1) is 15.9. The lowest BCUT2D eigenvalue weighted by atomic mass is 10.1. The Morgan fingerprint density at radius 1 is 1.21 bits per heavy atom. The van der Waals surface area contributed by atoms with Crippen LogP contribution >= 0.6 is 11.6 Å². The van der Waals surface area contributed by atoms with Crippen LogP contribution in [0, 0.1) is 6.92 Å². The molecule has 33 heavy (non-hydrogen) atoms. The topological polar surface area (TPSA) is 94.2 Å². The van der Waals surface area contributed by atoms with Gasteiger partial charge in [0, 0.05) is 37.2 Å². The highest BCUT2D eigenvalue weighted by atomic mass is 35.5. The van der Waals surface area contributed by atoms with E-state index < -0.39 is 0 Å². The molecule has 0 aromatic heterocycles. The summed E-state index contributed by atoms with van der Waals surface area (Å²) in [7, 11) is 1.57. The van der Waals surface area contributed by atoms with E-state index in [9.17, 15) is 14.4 Å². The highest BCUT2D eigenvalue weighted by Gasteiger charge is 2.26. The van der Waals surface area contributed by atoms with Crippen molar-refractivity contribution in [2.24, 2.45) is 0 Å². The van der Waals surface area contributed by atoms with Crippen LogP contribution in [0.25, 0.3) is 0 Å². The second kappa shape index (κ2) is 11.7. The van der Waals surface area contributed by atoms with Crippen LogP contribution in [0.2, 0.25) is 5.02 Å². The number of carbonyl (C=O) groups is 3. The number of benzene rings is 2. The monoisotopic (exact) mass is 474 g/mol. The minimum absolute atomic E-state index is 0.0840. The van der Waals surface area contributed by atoms with Gasteiger partial charge in [0.05, 0.1) is 12.3 Å². The van der Waals surface area contributed by atoms with Crippen molar-refractivity contribution in [3.8, 4) is 11.5 Å². The number of anilines is 1. The number of aryl methyl sites for hydroxylation is 1. The lowest BCUT2D eigenvalue weighted by Crippen LogP contribution is -2.40. The summed E-state index contributed by atoms with van der Waals surface area (Å²) in [6.07, 6.45) is 0.748. The number of hydrogen-bond donors (Lipinski definition) is 1. The summed E-state index contributed by atoms with van der Waals surface area (Å²) in [5, 5.41) is 3.35. The summed E-state index contributed by atoms with van der Waals surface area (Å²) in [6, 6.07) is 10.1. The highest BCUT2D eigenvalue weighted by molar-refractivity contribution is 6.30. The van der Waals surface area contributed by atoms with Crippen LogP contribution < -0.4 is 19.7 Å². The van der Waals surface area contributed by atoms with Gasteiger partial charge < -0.3 is 24.4 Å². The van der Waals surface area contributed by atoms with Crippen molar-refractivity contribution in [1.82, 2.24) is 5.32 Å². The van der Waals surface area contributed by atoms with Crippen LogP contribution in [0.5, 0.6) is 11.5 Å². The van der Waals surface area contributed by atoms with Crippen LogP contribution in [0.15, 0.2) is 36.4 Å². The van der Waals surface area contributed by atoms with E-state index in [1.807, 2.05) is 6.92 Å². The minimum atomic E-state index is -0.234. The van der Waals surface area contributed by atoms with Gasteiger partial charge >= 0.3 is 0 Å². The summed E-state index contributed by atoms with van der Waals surface area (Å²) < 4.78 is 16.1. The van der Waals surface area contributed by atoms with Crippen LogP contribution in [0.4, 0.5) is 5.69 Å². The van der Waals surface area contributed by atoms with Crippen molar-refractivity contribution < 1.29 is 28.6 Å². The van der Waals surface area contributed by atoms with E-state index in [0.717, 1.165) is 5.56 Å². The molecular formula is C24H27ClN2O6. The number of methoxy groups -OCH3 is 1. The van der Waals surface area contributed by atoms with Crippen LogP contribution in [0.3, 0.4) is 0 Å². The molecule has 1 aliphatic rings. The quantitative estimate of drug-likeness (QED) is 0.397. The Labute approximate surface area is 197 Å². The fourth-order valence-electron chi connectivity index (χ4n) is 3.40. The number of nitrogens with zero attached hydrogens (tertiary/aromatic N) is 1. The van der Waals surface area contributed by atoms with Gasteiger partial charge in [-0.1, -0.05) is 11.6 Å². The Balaban J connectivity index is 1.63. The lowest BCUT2D eigenvalue weighted by molar-refractivity contribution is -0.123. The number of hydrogen-bond acceptors (Lipinski definition) is 6. The standard InChI is InChI=1S/C24H27ClN2O6/c1-16-12-18(25)6-8-21(16)32-14-20(28)17-5-7-22-19(13-17)27(24(30)15-33-22)10-3-4-23(29)26-9-11-31-2/h5-8,12-13H,3-4,9-11,14-15H2,1-2H3,(H,26,29).